The molecule has 1 aromatic carbocycles. The second-order valence-corrected chi connectivity index (χ2v) is 7.22. The Labute approximate surface area is 159 Å². The third kappa shape index (κ3) is 4.70. The van der Waals surface area contributed by atoms with Crippen LogP contribution in [0.5, 0.6) is 0 Å². The second-order valence-electron chi connectivity index (χ2n) is 6.28. The van der Waals surface area contributed by atoms with E-state index in [4.69, 9.17) is 5.73 Å². The van der Waals surface area contributed by atoms with E-state index < -0.39 is 0 Å². The number of rotatable bonds is 4. The second kappa shape index (κ2) is 8.81. The molecule has 1 atom stereocenters. The normalized spacial score (nSPS) is 19.5. The molecule has 0 saturated carbocycles. The highest BCUT2D eigenvalue weighted by Gasteiger charge is 2.35. The first-order chi connectivity index (χ1) is 10.6. The summed E-state index contributed by atoms with van der Waals surface area (Å²) in [4.78, 5) is 18.9. The van der Waals surface area contributed by atoms with Gasteiger partial charge in [-0.15, -0.1) is 36.2 Å². The molecule has 0 aliphatic carbocycles. The molecule has 1 aliphatic heterocycles. The first kappa shape index (κ1) is 20.9. The third-order valence-electron chi connectivity index (χ3n) is 4.31. The summed E-state index contributed by atoms with van der Waals surface area (Å²) >= 11 is 1.55. The van der Waals surface area contributed by atoms with E-state index in [1.54, 1.807) is 11.3 Å². The minimum absolute atomic E-state index is 0. The maximum absolute atomic E-state index is 12.5. The molecule has 1 fully saturated rings. The number of nitrogens with two attached hydrogens (primary N) is 1. The molecule has 1 aliphatic rings. The number of amides is 1. The zero-order chi connectivity index (χ0) is 15.6. The summed E-state index contributed by atoms with van der Waals surface area (Å²) in [6.45, 7) is 4.27. The number of aromatic nitrogens is 1. The summed E-state index contributed by atoms with van der Waals surface area (Å²) in [6, 6.07) is 10.2. The monoisotopic (exact) mass is 387 g/mol. The molecule has 24 heavy (non-hydrogen) atoms. The summed E-state index contributed by atoms with van der Waals surface area (Å²) in [5, 5.41) is 2.86. The maximum atomic E-state index is 12.5. The van der Waals surface area contributed by atoms with Gasteiger partial charge in [0, 0.05) is 24.9 Å². The van der Waals surface area contributed by atoms with E-state index >= 15 is 0 Å². The van der Waals surface area contributed by atoms with Gasteiger partial charge in [-0.05, 0) is 23.9 Å². The van der Waals surface area contributed by atoms with Gasteiger partial charge in [-0.2, -0.15) is 0 Å². The first-order valence-corrected chi connectivity index (χ1v) is 8.45. The van der Waals surface area contributed by atoms with Gasteiger partial charge in [-0.25, -0.2) is 4.98 Å². The summed E-state index contributed by atoms with van der Waals surface area (Å²) < 4.78 is 0. The fourth-order valence-electron chi connectivity index (χ4n) is 2.79. The topological polar surface area (TPSA) is 59.2 Å². The zero-order valence-electron chi connectivity index (χ0n) is 13.6. The number of carbonyl (C=O) groups is 1. The molecule has 2 heterocycles. The average molecular weight is 388 g/mol. The van der Waals surface area contributed by atoms with Crippen molar-refractivity contribution >= 4 is 42.1 Å². The molecule has 7 heteroatoms. The van der Waals surface area contributed by atoms with Crippen LogP contribution in [0, 0.1) is 5.41 Å². The van der Waals surface area contributed by atoms with Crippen LogP contribution in [0.3, 0.4) is 0 Å². The van der Waals surface area contributed by atoms with Crippen molar-refractivity contribution in [3.63, 3.8) is 0 Å². The lowest BCUT2D eigenvalue weighted by Gasteiger charge is -2.22. The van der Waals surface area contributed by atoms with Crippen LogP contribution >= 0.6 is 36.2 Å². The van der Waals surface area contributed by atoms with Crippen LogP contribution in [0.25, 0.3) is 0 Å². The number of hydrogen-bond acceptors (Lipinski definition) is 4. The van der Waals surface area contributed by atoms with Gasteiger partial charge in [-0.1, -0.05) is 37.3 Å². The van der Waals surface area contributed by atoms with Crippen molar-refractivity contribution in [2.75, 3.05) is 19.6 Å². The van der Waals surface area contributed by atoms with Crippen molar-refractivity contribution in [1.82, 2.24) is 9.88 Å². The maximum Gasteiger partial charge on any atom is 0.273 e. The number of carbonyl (C=O) groups excluding carboxylic acids is 1. The van der Waals surface area contributed by atoms with Crippen LogP contribution in [-0.4, -0.2) is 35.4 Å². The van der Waals surface area contributed by atoms with Crippen LogP contribution in [-0.2, 0) is 6.42 Å². The summed E-state index contributed by atoms with van der Waals surface area (Å²) in [6.07, 6.45) is 1.75. The number of thiazole rings is 1. The first-order valence-electron chi connectivity index (χ1n) is 7.57. The van der Waals surface area contributed by atoms with Gasteiger partial charge in [0.1, 0.15) is 5.69 Å². The van der Waals surface area contributed by atoms with Gasteiger partial charge in [-0.3, -0.25) is 4.79 Å². The summed E-state index contributed by atoms with van der Waals surface area (Å²) in [5.74, 6) is 0.0349. The van der Waals surface area contributed by atoms with E-state index in [2.05, 4.69) is 24.0 Å². The van der Waals surface area contributed by atoms with Gasteiger partial charge in [0.15, 0.2) is 0 Å². The highest BCUT2D eigenvalue weighted by molar-refractivity contribution is 7.09. The molecule has 2 aromatic rings. The highest BCUT2D eigenvalue weighted by Crippen LogP contribution is 2.29. The van der Waals surface area contributed by atoms with Crippen LogP contribution in [0.4, 0.5) is 0 Å². The van der Waals surface area contributed by atoms with Crippen molar-refractivity contribution in [3.05, 3.63) is 52.0 Å². The van der Waals surface area contributed by atoms with Crippen LogP contribution in [0.2, 0.25) is 0 Å². The van der Waals surface area contributed by atoms with Crippen LogP contribution < -0.4 is 5.73 Å². The Hall–Kier alpha value is -1.14. The predicted octanol–water partition coefficient (Wildman–Crippen LogP) is 3.39. The fraction of sp³-hybridized carbons (Fsp3) is 0.412. The lowest BCUT2D eigenvalue weighted by Crippen LogP contribution is -2.34. The molecule has 0 spiro atoms. The lowest BCUT2D eigenvalue weighted by molar-refractivity contribution is 0.0771. The molecule has 2 N–H and O–H groups in total. The molecule has 3 rings (SSSR count). The predicted molar refractivity (Wildman–Crippen MR) is 104 cm³/mol. The standard InChI is InChI=1S/C17H21N3OS.2ClH/c1-17(11-18)7-8-20(12-17)16(21)14-10-22-15(19-14)9-13-5-3-2-4-6-13;;/h2-6,10H,7-9,11-12,18H2,1H3;2*1H. The fourth-order valence-corrected chi connectivity index (χ4v) is 3.59. The average Bonchev–Trinajstić information content (AvgIpc) is 3.15. The van der Waals surface area contributed by atoms with Gasteiger partial charge in [0.2, 0.25) is 0 Å². The molecule has 1 aromatic heterocycles. The lowest BCUT2D eigenvalue weighted by atomic mass is 9.90. The molecular formula is C17H23Cl2N3OS. The van der Waals surface area contributed by atoms with E-state index in [0.717, 1.165) is 30.9 Å². The number of likely N-dealkylation sites (tertiary alicyclic amines) is 1. The van der Waals surface area contributed by atoms with Crippen molar-refractivity contribution in [2.45, 2.75) is 19.8 Å². The Kier molecular flexibility index (Phi) is 7.67. The van der Waals surface area contributed by atoms with Crippen LogP contribution in [0.1, 0.15) is 34.4 Å². The number of benzene rings is 1. The molecule has 0 bridgehead atoms. The summed E-state index contributed by atoms with van der Waals surface area (Å²) in [7, 11) is 0. The van der Waals surface area contributed by atoms with Crippen molar-refractivity contribution < 1.29 is 4.79 Å². The van der Waals surface area contributed by atoms with E-state index in [1.165, 1.54) is 5.56 Å². The third-order valence-corrected chi connectivity index (χ3v) is 5.16. The van der Waals surface area contributed by atoms with Crippen molar-refractivity contribution in [2.24, 2.45) is 11.1 Å². The largest absolute Gasteiger partial charge is 0.337 e. The SMILES string of the molecule is CC1(CN)CCN(C(=O)c2csc(Cc3ccccc3)n2)C1.Cl.Cl. The van der Waals surface area contributed by atoms with Crippen molar-refractivity contribution in [3.8, 4) is 0 Å². The van der Waals surface area contributed by atoms with E-state index in [-0.39, 0.29) is 36.1 Å². The Balaban J connectivity index is 0.00000144. The van der Waals surface area contributed by atoms with Crippen molar-refractivity contribution in [1.29, 1.82) is 0 Å². The number of nitrogens with zero attached hydrogens (tertiary/aromatic N) is 2. The summed E-state index contributed by atoms with van der Waals surface area (Å²) in [5.41, 5.74) is 7.64. The minimum Gasteiger partial charge on any atom is -0.337 e. The molecule has 1 amide bonds. The van der Waals surface area contributed by atoms with Gasteiger partial charge >= 0.3 is 0 Å². The number of halogens is 2. The quantitative estimate of drug-likeness (QED) is 0.874. The molecule has 132 valence electrons. The Bertz CT molecular complexity index is 665. The molecular weight excluding hydrogens is 365 g/mol. The Morgan fingerprint density at radius 1 is 1.33 bits per heavy atom. The molecule has 1 unspecified atom stereocenters. The Morgan fingerprint density at radius 3 is 2.67 bits per heavy atom. The van der Waals surface area contributed by atoms with E-state index in [0.29, 0.717) is 12.2 Å². The number of hydrogen-bond donors (Lipinski definition) is 1. The van der Waals surface area contributed by atoms with Gasteiger partial charge < -0.3 is 10.6 Å². The molecule has 4 nitrogen and oxygen atoms in total. The minimum atomic E-state index is 0. The zero-order valence-corrected chi connectivity index (χ0v) is 16.1. The van der Waals surface area contributed by atoms with Crippen LogP contribution in [0.15, 0.2) is 35.7 Å². The smallest absolute Gasteiger partial charge is 0.273 e. The molecule has 0 radical (unpaired) electrons. The Morgan fingerprint density at radius 2 is 2.04 bits per heavy atom. The molecule has 1 saturated heterocycles. The van der Waals surface area contributed by atoms with E-state index in [1.807, 2.05) is 28.5 Å². The highest BCUT2D eigenvalue weighted by atomic mass is 35.5. The van der Waals surface area contributed by atoms with Gasteiger partial charge in [0.05, 0.1) is 5.01 Å². The van der Waals surface area contributed by atoms with Gasteiger partial charge in [0.25, 0.3) is 5.91 Å². The van der Waals surface area contributed by atoms with E-state index in [9.17, 15) is 4.79 Å².